The van der Waals surface area contributed by atoms with E-state index in [1.54, 1.807) is 35.5 Å². The van der Waals surface area contributed by atoms with Crippen LogP contribution in [0.2, 0.25) is 18.6 Å². The molecule has 0 N–H and O–H groups in total. The molecule has 130 valence electrons. The Morgan fingerprint density at radius 2 is 1.05 bits per heavy atom. The van der Waals surface area contributed by atoms with Gasteiger partial charge in [-0.05, 0) is 36.9 Å². The minimum absolute atomic E-state index is 0.833. The molecule has 0 aliphatic heterocycles. The molecule has 0 saturated carbocycles. The molecule has 0 aromatic carbocycles. The number of thiol groups is 2. The van der Waals surface area contributed by atoms with Crippen molar-refractivity contribution in [1.82, 2.24) is 0 Å². The van der Waals surface area contributed by atoms with Crippen molar-refractivity contribution < 1.29 is 22.1 Å². The molecule has 5 nitrogen and oxygen atoms in total. The highest BCUT2D eigenvalue weighted by Gasteiger charge is 2.36. The quantitative estimate of drug-likeness (QED) is 0.429. The van der Waals surface area contributed by atoms with E-state index >= 15 is 0 Å². The van der Waals surface area contributed by atoms with E-state index in [9.17, 15) is 0 Å². The van der Waals surface area contributed by atoms with Gasteiger partial charge in [-0.1, -0.05) is 0 Å². The highest BCUT2D eigenvalue weighted by molar-refractivity contribution is 7.80. The Bertz CT molecular complexity index is 221. The molecular weight excluding hydrogens is 344 g/mol. The predicted molar refractivity (Wildman–Crippen MR) is 99.0 cm³/mol. The molecule has 0 unspecified atom stereocenters. The molecule has 0 atom stereocenters. The lowest BCUT2D eigenvalue weighted by Crippen LogP contribution is -2.42. The zero-order valence-electron chi connectivity index (χ0n) is 14.2. The molecule has 0 radical (unpaired) electrons. The Kier molecular flexibility index (Phi) is 16.7. The topological polar surface area (TPSA) is 46.2 Å². The van der Waals surface area contributed by atoms with E-state index in [0.717, 1.165) is 36.4 Å². The third-order valence-corrected chi connectivity index (χ3v) is 9.68. The van der Waals surface area contributed by atoms with E-state index in [0.29, 0.717) is 0 Å². The summed E-state index contributed by atoms with van der Waals surface area (Å²) in [7, 11) is 4.25. The Hall–Kier alpha value is 0.934. The van der Waals surface area contributed by atoms with Gasteiger partial charge in [-0.2, -0.15) is 25.3 Å². The van der Waals surface area contributed by atoms with Crippen LogP contribution in [0.15, 0.2) is 0 Å². The molecule has 0 rings (SSSR count). The van der Waals surface area contributed by atoms with Crippen LogP contribution in [0.5, 0.6) is 0 Å². The van der Waals surface area contributed by atoms with Crippen LogP contribution in [0.1, 0.15) is 12.8 Å². The summed E-state index contributed by atoms with van der Waals surface area (Å²) in [5.74, 6) is 1.75. The van der Waals surface area contributed by atoms with E-state index in [-0.39, 0.29) is 0 Å². The van der Waals surface area contributed by atoms with Gasteiger partial charge in [0, 0.05) is 41.6 Å². The molecule has 9 heteroatoms. The normalized spacial score (nSPS) is 12.0. The summed E-state index contributed by atoms with van der Waals surface area (Å²) in [5.41, 5.74) is 0. The SMILES string of the molecule is CO[Si](C)(CCCS)OC.CO[Si](CCCS)(OC)OC. The minimum Gasteiger partial charge on any atom is -0.398 e. The van der Waals surface area contributed by atoms with Gasteiger partial charge in [-0.15, -0.1) is 0 Å². The maximum atomic E-state index is 5.27. The molecule has 0 fully saturated rings. The summed E-state index contributed by atoms with van der Waals surface area (Å²) < 4.78 is 26.1. The molecule has 0 aromatic rings. The second kappa shape index (κ2) is 14.5. The lowest BCUT2D eigenvalue weighted by molar-refractivity contribution is 0.123. The Balaban J connectivity index is 0. The standard InChI is InChI=1S/C6H16O3SSi.C6H16O2SSi/c1-7-11(8-2,9-3)6-4-5-10;1-7-10(3,8-2)6-4-5-9/h10H,4-6H2,1-3H3;9H,4-6H2,1-3H3. The average molecular weight is 377 g/mol. The molecule has 0 aliphatic rings. The second-order valence-corrected chi connectivity index (χ2v) is 12.1. The second-order valence-electron chi connectivity index (χ2n) is 4.49. The smallest absolute Gasteiger partial charge is 0.398 e. The summed E-state index contributed by atoms with van der Waals surface area (Å²) in [5, 5.41) is 0. The summed E-state index contributed by atoms with van der Waals surface area (Å²) in [6.07, 6.45) is 2.04. The van der Waals surface area contributed by atoms with Crippen LogP contribution < -0.4 is 0 Å². The van der Waals surface area contributed by atoms with Crippen LogP contribution in [-0.4, -0.2) is 64.4 Å². The summed E-state index contributed by atoms with van der Waals surface area (Å²) in [4.78, 5) is 0. The van der Waals surface area contributed by atoms with Gasteiger partial charge < -0.3 is 22.1 Å². The Morgan fingerprint density at radius 1 is 0.667 bits per heavy atom. The maximum Gasteiger partial charge on any atom is 0.500 e. The number of hydrogen-bond donors (Lipinski definition) is 2. The van der Waals surface area contributed by atoms with Crippen LogP contribution in [0.3, 0.4) is 0 Å². The van der Waals surface area contributed by atoms with E-state index in [2.05, 4.69) is 31.8 Å². The third kappa shape index (κ3) is 11.2. The van der Waals surface area contributed by atoms with Crippen molar-refractivity contribution in [2.45, 2.75) is 31.5 Å². The van der Waals surface area contributed by atoms with E-state index < -0.39 is 17.4 Å². The molecule has 0 bridgehead atoms. The molecule has 21 heavy (non-hydrogen) atoms. The summed E-state index contributed by atoms with van der Waals surface area (Å²) in [6, 6.07) is 1.86. The maximum absolute atomic E-state index is 5.27. The van der Waals surface area contributed by atoms with Crippen molar-refractivity contribution in [1.29, 1.82) is 0 Å². The van der Waals surface area contributed by atoms with Gasteiger partial charge in [-0.3, -0.25) is 0 Å². The average Bonchev–Trinajstić information content (AvgIpc) is 2.55. The summed E-state index contributed by atoms with van der Waals surface area (Å²) in [6.45, 7) is 2.07. The fourth-order valence-electron chi connectivity index (χ4n) is 1.54. The van der Waals surface area contributed by atoms with Gasteiger partial charge in [0.15, 0.2) is 0 Å². The highest BCUT2D eigenvalue weighted by atomic mass is 32.1. The first-order chi connectivity index (χ1) is 9.92. The first-order valence-corrected chi connectivity index (χ1v) is 12.6. The third-order valence-electron chi connectivity index (χ3n) is 3.23. The van der Waals surface area contributed by atoms with Gasteiger partial charge in [0.1, 0.15) is 0 Å². The van der Waals surface area contributed by atoms with Crippen molar-refractivity contribution in [2.75, 3.05) is 47.1 Å². The van der Waals surface area contributed by atoms with Gasteiger partial charge in [-0.25, -0.2) is 0 Å². The van der Waals surface area contributed by atoms with Crippen molar-refractivity contribution in [3.8, 4) is 0 Å². The lowest BCUT2D eigenvalue weighted by Gasteiger charge is -2.23. The number of hydrogen-bond acceptors (Lipinski definition) is 7. The van der Waals surface area contributed by atoms with E-state index in [1.165, 1.54) is 0 Å². The predicted octanol–water partition coefficient (Wildman–Crippen LogP) is 2.86. The van der Waals surface area contributed by atoms with Gasteiger partial charge >= 0.3 is 17.4 Å². The van der Waals surface area contributed by atoms with E-state index in [1.807, 2.05) is 0 Å². The minimum atomic E-state index is -2.29. The first-order valence-electron chi connectivity index (χ1n) is 6.90. The Morgan fingerprint density at radius 3 is 1.33 bits per heavy atom. The molecular formula is C12H32O5S2Si2. The molecule has 0 aliphatic carbocycles. The molecule has 0 amide bonds. The zero-order valence-corrected chi connectivity index (χ0v) is 18.0. The molecule has 0 aromatic heterocycles. The van der Waals surface area contributed by atoms with Gasteiger partial charge in [0.25, 0.3) is 0 Å². The van der Waals surface area contributed by atoms with E-state index in [4.69, 9.17) is 22.1 Å². The van der Waals surface area contributed by atoms with Gasteiger partial charge in [0.05, 0.1) is 0 Å². The monoisotopic (exact) mass is 376 g/mol. The molecule has 0 heterocycles. The summed E-state index contributed by atoms with van der Waals surface area (Å²) >= 11 is 8.23. The Labute approximate surface area is 143 Å². The highest BCUT2D eigenvalue weighted by Crippen LogP contribution is 2.15. The molecule has 0 spiro atoms. The number of rotatable bonds is 11. The van der Waals surface area contributed by atoms with Crippen LogP contribution in [-0.2, 0) is 22.1 Å². The first kappa shape index (κ1) is 24.2. The fraction of sp³-hybridized carbons (Fsp3) is 1.00. The van der Waals surface area contributed by atoms with Crippen LogP contribution in [0, 0.1) is 0 Å². The zero-order chi connectivity index (χ0) is 16.8. The van der Waals surface area contributed by atoms with Crippen molar-refractivity contribution in [3.05, 3.63) is 0 Å². The molecule has 0 saturated heterocycles. The van der Waals surface area contributed by atoms with Gasteiger partial charge in [0.2, 0.25) is 0 Å². The van der Waals surface area contributed by atoms with Crippen LogP contribution in [0.25, 0.3) is 0 Å². The van der Waals surface area contributed by atoms with Crippen LogP contribution >= 0.6 is 25.3 Å². The largest absolute Gasteiger partial charge is 0.500 e. The van der Waals surface area contributed by atoms with Crippen molar-refractivity contribution >= 4 is 42.6 Å². The van der Waals surface area contributed by atoms with Crippen LogP contribution in [0.4, 0.5) is 0 Å². The lowest BCUT2D eigenvalue weighted by atomic mass is 10.6. The van der Waals surface area contributed by atoms with Crippen molar-refractivity contribution in [2.24, 2.45) is 0 Å². The fourth-order valence-corrected chi connectivity index (χ4v) is 5.57. The van der Waals surface area contributed by atoms with Crippen molar-refractivity contribution in [3.63, 3.8) is 0 Å².